The lowest BCUT2D eigenvalue weighted by atomic mass is 9.96. The van der Waals surface area contributed by atoms with Crippen molar-refractivity contribution in [3.63, 3.8) is 0 Å². The van der Waals surface area contributed by atoms with E-state index in [4.69, 9.17) is 10.8 Å². The topological polar surface area (TPSA) is 63.3 Å². The lowest BCUT2D eigenvalue weighted by Crippen LogP contribution is -2.12. The summed E-state index contributed by atoms with van der Waals surface area (Å²) >= 11 is 0. The maximum absolute atomic E-state index is 13.2. The highest BCUT2D eigenvalue weighted by Crippen LogP contribution is 2.24. The fourth-order valence-corrected chi connectivity index (χ4v) is 1.36. The molecule has 0 bridgehead atoms. The van der Waals surface area contributed by atoms with Crippen LogP contribution in [0.4, 0.5) is 10.1 Å². The largest absolute Gasteiger partial charge is 0.481 e. The molecule has 3 nitrogen and oxygen atoms in total. The van der Waals surface area contributed by atoms with Gasteiger partial charge in [-0.3, -0.25) is 4.79 Å². The van der Waals surface area contributed by atoms with Crippen molar-refractivity contribution in [3.8, 4) is 0 Å². The summed E-state index contributed by atoms with van der Waals surface area (Å²) in [5.41, 5.74) is 5.99. The van der Waals surface area contributed by atoms with Gasteiger partial charge >= 0.3 is 5.97 Å². The van der Waals surface area contributed by atoms with Gasteiger partial charge in [-0.05, 0) is 24.6 Å². The molecule has 0 spiro atoms. The molecule has 0 aliphatic rings. The van der Waals surface area contributed by atoms with Gasteiger partial charge in [-0.1, -0.05) is 6.92 Å². The molecule has 1 atom stereocenters. The van der Waals surface area contributed by atoms with Gasteiger partial charge in [0, 0.05) is 11.3 Å². The molecule has 0 amide bonds. The van der Waals surface area contributed by atoms with E-state index in [0.717, 1.165) is 0 Å². The Hall–Kier alpha value is -1.58. The summed E-state index contributed by atoms with van der Waals surface area (Å²) in [7, 11) is 0. The predicted octanol–water partition coefficient (Wildman–Crippen LogP) is 1.99. The van der Waals surface area contributed by atoms with E-state index in [1.807, 2.05) is 0 Å². The highest BCUT2D eigenvalue weighted by Gasteiger charge is 2.21. The van der Waals surface area contributed by atoms with Crippen LogP contribution >= 0.6 is 0 Å². The first kappa shape index (κ1) is 10.5. The highest BCUT2D eigenvalue weighted by molar-refractivity contribution is 5.76. The Balaban J connectivity index is 3.15. The highest BCUT2D eigenvalue weighted by atomic mass is 19.1. The second-order valence-electron chi connectivity index (χ2n) is 3.08. The van der Waals surface area contributed by atoms with Gasteiger partial charge in [-0.15, -0.1) is 0 Å². The molecule has 0 radical (unpaired) electrons. The van der Waals surface area contributed by atoms with Gasteiger partial charge in [0.1, 0.15) is 5.82 Å². The van der Waals surface area contributed by atoms with Crippen molar-refractivity contribution >= 4 is 11.7 Å². The van der Waals surface area contributed by atoms with Crippen LogP contribution in [-0.4, -0.2) is 11.1 Å². The van der Waals surface area contributed by atoms with Crippen LogP contribution in [0.5, 0.6) is 0 Å². The van der Waals surface area contributed by atoms with Crippen LogP contribution in [0.3, 0.4) is 0 Å². The number of anilines is 1. The van der Waals surface area contributed by atoms with E-state index in [2.05, 4.69) is 0 Å². The Morgan fingerprint density at radius 2 is 2.29 bits per heavy atom. The summed E-state index contributed by atoms with van der Waals surface area (Å²) in [6.07, 6.45) is 0.343. The van der Waals surface area contributed by atoms with E-state index in [0.29, 0.717) is 12.1 Å². The first-order valence-corrected chi connectivity index (χ1v) is 4.34. The molecule has 14 heavy (non-hydrogen) atoms. The number of nitrogens with two attached hydrogens (primary N) is 1. The molecular formula is C10H12FNO2. The Morgan fingerprint density at radius 1 is 1.64 bits per heavy atom. The third kappa shape index (κ3) is 2.02. The second-order valence-corrected chi connectivity index (χ2v) is 3.08. The molecule has 1 rings (SSSR count). The molecule has 4 heteroatoms. The van der Waals surface area contributed by atoms with Crippen LogP contribution in [0.15, 0.2) is 18.2 Å². The van der Waals surface area contributed by atoms with Crippen molar-refractivity contribution in [2.75, 3.05) is 5.73 Å². The van der Waals surface area contributed by atoms with E-state index in [1.54, 1.807) is 6.92 Å². The zero-order valence-corrected chi connectivity index (χ0v) is 7.83. The van der Waals surface area contributed by atoms with Crippen LogP contribution < -0.4 is 5.73 Å². The molecule has 1 aromatic carbocycles. The number of aliphatic carboxylic acids is 1. The molecule has 1 unspecified atom stereocenters. The van der Waals surface area contributed by atoms with Gasteiger partial charge in [0.05, 0.1) is 5.92 Å². The third-order valence-electron chi connectivity index (χ3n) is 2.10. The molecule has 0 saturated heterocycles. The summed E-state index contributed by atoms with van der Waals surface area (Å²) in [5, 5.41) is 8.83. The molecule has 76 valence electrons. The molecular weight excluding hydrogens is 185 g/mol. The Bertz CT molecular complexity index is 352. The summed E-state index contributed by atoms with van der Waals surface area (Å²) in [5.74, 6) is -2.37. The Labute approximate surface area is 81.4 Å². The van der Waals surface area contributed by atoms with Crippen LogP contribution in [0.25, 0.3) is 0 Å². The van der Waals surface area contributed by atoms with Crippen molar-refractivity contribution in [2.24, 2.45) is 0 Å². The average Bonchev–Trinajstić information content (AvgIpc) is 2.11. The monoisotopic (exact) mass is 197 g/mol. The maximum atomic E-state index is 13.2. The van der Waals surface area contributed by atoms with E-state index in [-0.39, 0.29) is 5.56 Å². The normalized spacial score (nSPS) is 12.4. The zero-order valence-electron chi connectivity index (χ0n) is 7.83. The summed E-state index contributed by atoms with van der Waals surface area (Å²) in [6, 6.07) is 3.97. The molecule has 0 aromatic heterocycles. The number of rotatable bonds is 3. The molecule has 0 heterocycles. The maximum Gasteiger partial charge on any atom is 0.311 e. The van der Waals surface area contributed by atoms with Gasteiger partial charge < -0.3 is 10.8 Å². The number of hydrogen-bond acceptors (Lipinski definition) is 2. The van der Waals surface area contributed by atoms with Gasteiger partial charge in [0.25, 0.3) is 0 Å². The lowest BCUT2D eigenvalue weighted by Gasteiger charge is -2.11. The van der Waals surface area contributed by atoms with E-state index in [9.17, 15) is 9.18 Å². The summed E-state index contributed by atoms with van der Waals surface area (Å²) < 4.78 is 13.2. The minimum absolute atomic E-state index is 0.153. The molecule has 0 aliphatic heterocycles. The molecule has 0 saturated carbocycles. The van der Waals surface area contributed by atoms with Crippen LogP contribution in [0, 0.1) is 5.82 Å². The average molecular weight is 197 g/mol. The van der Waals surface area contributed by atoms with E-state index >= 15 is 0 Å². The van der Waals surface area contributed by atoms with Gasteiger partial charge in [0.15, 0.2) is 0 Å². The van der Waals surface area contributed by atoms with Crippen molar-refractivity contribution in [1.82, 2.24) is 0 Å². The summed E-state index contributed by atoms with van der Waals surface area (Å²) in [4.78, 5) is 10.8. The smallest absolute Gasteiger partial charge is 0.311 e. The van der Waals surface area contributed by atoms with Crippen LogP contribution in [0.1, 0.15) is 24.8 Å². The van der Waals surface area contributed by atoms with E-state index in [1.165, 1.54) is 18.2 Å². The fraction of sp³-hybridized carbons (Fsp3) is 0.300. The Kier molecular flexibility index (Phi) is 3.06. The Morgan fingerprint density at radius 3 is 2.79 bits per heavy atom. The summed E-state index contributed by atoms with van der Waals surface area (Å²) in [6.45, 7) is 1.70. The van der Waals surface area contributed by atoms with E-state index < -0.39 is 17.7 Å². The van der Waals surface area contributed by atoms with Crippen molar-refractivity contribution < 1.29 is 14.3 Å². The van der Waals surface area contributed by atoms with Gasteiger partial charge in [-0.25, -0.2) is 4.39 Å². The lowest BCUT2D eigenvalue weighted by molar-refractivity contribution is -0.138. The predicted molar refractivity (Wildman–Crippen MR) is 51.5 cm³/mol. The SMILES string of the molecule is CCC(C(=O)O)c1cc(N)ccc1F. The minimum atomic E-state index is -1.03. The zero-order chi connectivity index (χ0) is 10.7. The first-order valence-electron chi connectivity index (χ1n) is 4.34. The number of nitrogen functional groups attached to an aromatic ring is 1. The number of benzene rings is 1. The molecule has 3 N–H and O–H groups in total. The van der Waals surface area contributed by atoms with Crippen LogP contribution in [0.2, 0.25) is 0 Å². The third-order valence-corrected chi connectivity index (χ3v) is 2.10. The molecule has 0 aliphatic carbocycles. The van der Waals surface area contributed by atoms with Gasteiger partial charge in [-0.2, -0.15) is 0 Å². The first-order chi connectivity index (χ1) is 6.56. The number of carboxylic acid groups (broad SMARTS) is 1. The number of halogens is 1. The van der Waals surface area contributed by atoms with Gasteiger partial charge in [0.2, 0.25) is 0 Å². The van der Waals surface area contributed by atoms with Crippen molar-refractivity contribution in [3.05, 3.63) is 29.6 Å². The number of hydrogen-bond donors (Lipinski definition) is 2. The van der Waals surface area contributed by atoms with Crippen LogP contribution in [-0.2, 0) is 4.79 Å². The number of carbonyl (C=O) groups is 1. The standard InChI is InChI=1S/C10H12FNO2/c1-2-7(10(13)14)8-5-6(12)3-4-9(8)11/h3-5,7H,2,12H2,1H3,(H,13,14). The number of carboxylic acids is 1. The quantitative estimate of drug-likeness (QED) is 0.728. The minimum Gasteiger partial charge on any atom is -0.481 e. The molecule has 1 aromatic rings. The molecule has 0 fully saturated rings. The van der Waals surface area contributed by atoms with Crippen molar-refractivity contribution in [2.45, 2.75) is 19.3 Å². The van der Waals surface area contributed by atoms with Crippen molar-refractivity contribution in [1.29, 1.82) is 0 Å². The second kappa shape index (κ2) is 4.09. The fourth-order valence-electron chi connectivity index (χ4n) is 1.36.